The number of nitrogens with zero attached hydrogens (tertiary/aromatic N) is 1. The van der Waals surface area contributed by atoms with Gasteiger partial charge in [-0.3, -0.25) is 0 Å². The van der Waals surface area contributed by atoms with E-state index in [1.54, 1.807) is 37.3 Å². The molecule has 0 aliphatic rings. The second kappa shape index (κ2) is 6.40. The number of esters is 1. The first-order chi connectivity index (χ1) is 11.0. The smallest absolute Gasteiger partial charge is 0.338 e. The van der Waals surface area contributed by atoms with Crippen molar-refractivity contribution in [2.45, 2.75) is 6.92 Å². The molecule has 0 aliphatic heterocycles. The highest BCUT2D eigenvalue weighted by Crippen LogP contribution is 2.30. The number of carbonyl (C=O) groups is 1. The summed E-state index contributed by atoms with van der Waals surface area (Å²) >= 11 is 18.2. The van der Waals surface area contributed by atoms with Crippen molar-refractivity contribution in [2.75, 3.05) is 6.61 Å². The molecule has 4 nitrogen and oxygen atoms in total. The lowest BCUT2D eigenvalue weighted by atomic mass is 10.2. The van der Waals surface area contributed by atoms with E-state index in [-0.39, 0.29) is 0 Å². The summed E-state index contributed by atoms with van der Waals surface area (Å²) in [6.45, 7) is 2.04. The number of nitrogens with one attached hydrogen (secondary N) is 1. The van der Waals surface area contributed by atoms with Crippen LogP contribution in [0.5, 0.6) is 0 Å². The first kappa shape index (κ1) is 16.1. The average molecular weight is 370 g/mol. The molecule has 0 aliphatic carbocycles. The Labute approximate surface area is 147 Å². The molecular formula is C16H11Cl3N2O2. The van der Waals surface area contributed by atoms with E-state index in [4.69, 9.17) is 39.5 Å². The molecule has 23 heavy (non-hydrogen) atoms. The minimum absolute atomic E-state index is 0.298. The van der Waals surface area contributed by atoms with Gasteiger partial charge in [0.1, 0.15) is 11.3 Å². The lowest BCUT2D eigenvalue weighted by Gasteiger charge is -2.02. The van der Waals surface area contributed by atoms with Gasteiger partial charge in [-0.1, -0.05) is 34.8 Å². The molecule has 1 heterocycles. The van der Waals surface area contributed by atoms with Gasteiger partial charge in [-0.15, -0.1) is 0 Å². The van der Waals surface area contributed by atoms with Crippen LogP contribution in [0.3, 0.4) is 0 Å². The van der Waals surface area contributed by atoms with Gasteiger partial charge in [-0.05, 0) is 37.3 Å². The summed E-state index contributed by atoms with van der Waals surface area (Å²) < 4.78 is 4.99. The number of hydrogen-bond acceptors (Lipinski definition) is 3. The molecule has 1 aromatic heterocycles. The summed E-state index contributed by atoms with van der Waals surface area (Å²) in [5, 5.41) is 1.27. The molecule has 0 fully saturated rings. The Morgan fingerprint density at radius 3 is 2.61 bits per heavy atom. The number of rotatable bonds is 3. The first-order valence-electron chi connectivity index (χ1n) is 6.81. The molecule has 0 radical (unpaired) electrons. The normalized spacial score (nSPS) is 11.0. The van der Waals surface area contributed by atoms with E-state index < -0.39 is 5.97 Å². The van der Waals surface area contributed by atoms with Gasteiger partial charge < -0.3 is 9.72 Å². The zero-order chi connectivity index (χ0) is 16.6. The Morgan fingerprint density at radius 1 is 1.13 bits per heavy atom. The number of ether oxygens (including phenoxy) is 1. The molecule has 7 heteroatoms. The number of halogens is 3. The molecule has 1 N–H and O–H groups in total. The Kier molecular flexibility index (Phi) is 4.48. The highest BCUT2D eigenvalue weighted by molar-refractivity contribution is 6.42. The third-order valence-electron chi connectivity index (χ3n) is 3.24. The van der Waals surface area contributed by atoms with E-state index in [0.29, 0.717) is 44.1 Å². The molecule has 0 unspecified atom stereocenters. The van der Waals surface area contributed by atoms with Crippen LogP contribution in [0.4, 0.5) is 0 Å². The van der Waals surface area contributed by atoms with Crippen LogP contribution < -0.4 is 0 Å². The van der Waals surface area contributed by atoms with E-state index in [9.17, 15) is 4.79 Å². The Balaban J connectivity index is 2.09. The van der Waals surface area contributed by atoms with Gasteiger partial charge in [-0.25, -0.2) is 9.78 Å². The van der Waals surface area contributed by atoms with Crippen LogP contribution in [-0.4, -0.2) is 22.5 Å². The van der Waals surface area contributed by atoms with Crippen LogP contribution >= 0.6 is 34.8 Å². The molecule has 2 aromatic carbocycles. The highest BCUT2D eigenvalue weighted by atomic mass is 35.5. The maximum absolute atomic E-state index is 11.9. The van der Waals surface area contributed by atoms with Crippen LogP contribution in [0.25, 0.3) is 22.4 Å². The number of carbonyl (C=O) groups excluding carboxylic acids is 1. The van der Waals surface area contributed by atoms with E-state index in [2.05, 4.69) is 9.97 Å². The predicted octanol–water partition coefficient (Wildman–Crippen LogP) is 5.37. The summed E-state index contributed by atoms with van der Waals surface area (Å²) in [5.41, 5.74) is 2.35. The number of aromatic amines is 1. The van der Waals surface area contributed by atoms with Crippen molar-refractivity contribution in [3.63, 3.8) is 0 Å². The van der Waals surface area contributed by atoms with Crippen molar-refractivity contribution in [3.05, 3.63) is 51.0 Å². The standard InChI is InChI=1S/C16H11Cl3N2O2/c1-2-23-16(22)9-6-12(19)14-13(7-9)20-15(21-14)8-3-4-10(17)11(18)5-8/h3-7H,2H2,1H3,(H,20,21). The summed E-state index contributed by atoms with van der Waals surface area (Å²) in [4.78, 5) is 19.4. The Bertz CT molecular complexity index is 906. The van der Waals surface area contributed by atoms with Gasteiger partial charge in [0, 0.05) is 5.56 Å². The Hall–Kier alpha value is -1.75. The minimum Gasteiger partial charge on any atom is -0.462 e. The van der Waals surface area contributed by atoms with E-state index in [1.807, 2.05) is 0 Å². The number of benzene rings is 2. The van der Waals surface area contributed by atoms with Gasteiger partial charge in [-0.2, -0.15) is 0 Å². The second-order valence-corrected chi connectivity index (χ2v) is 6.01. The molecule has 118 valence electrons. The molecule has 0 saturated carbocycles. The lowest BCUT2D eigenvalue weighted by Crippen LogP contribution is -2.04. The third-order valence-corrected chi connectivity index (χ3v) is 4.27. The monoisotopic (exact) mass is 368 g/mol. The molecule has 0 spiro atoms. The van der Waals surface area contributed by atoms with Crippen LogP contribution in [0, 0.1) is 0 Å². The van der Waals surface area contributed by atoms with Crippen LogP contribution in [-0.2, 0) is 4.74 Å². The number of H-pyrrole nitrogens is 1. The zero-order valence-electron chi connectivity index (χ0n) is 12.0. The molecular weight excluding hydrogens is 359 g/mol. The van der Waals surface area contributed by atoms with Crippen molar-refractivity contribution >= 4 is 51.8 Å². The second-order valence-electron chi connectivity index (χ2n) is 4.79. The SMILES string of the molecule is CCOC(=O)c1cc(Cl)c2nc(-c3ccc(Cl)c(Cl)c3)[nH]c2c1. The maximum Gasteiger partial charge on any atom is 0.338 e. The fourth-order valence-electron chi connectivity index (χ4n) is 2.19. The van der Waals surface area contributed by atoms with Gasteiger partial charge >= 0.3 is 5.97 Å². The van der Waals surface area contributed by atoms with E-state index in [1.165, 1.54) is 0 Å². The van der Waals surface area contributed by atoms with Gasteiger partial charge in [0.15, 0.2) is 0 Å². The minimum atomic E-state index is -0.429. The summed E-state index contributed by atoms with van der Waals surface area (Å²) in [5.74, 6) is 0.156. The zero-order valence-corrected chi connectivity index (χ0v) is 14.3. The maximum atomic E-state index is 11.9. The van der Waals surface area contributed by atoms with Gasteiger partial charge in [0.25, 0.3) is 0 Å². The van der Waals surface area contributed by atoms with Crippen molar-refractivity contribution in [1.82, 2.24) is 9.97 Å². The fourth-order valence-corrected chi connectivity index (χ4v) is 2.75. The largest absolute Gasteiger partial charge is 0.462 e. The summed E-state index contributed by atoms with van der Waals surface area (Å²) in [6, 6.07) is 8.40. The van der Waals surface area contributed by atoms with Crippen molar-refractivity contribution in [2.24, 2.45) is 0 Å². The van der Waals surface area contributed by atoms with Crippen molar-refractivity contribution in [3.8, 4) is 11.4 Å². The topological polar surface area (TPSA) is 55.0 Å². The first-order valence-corrected chi connectivity index (χ1v) is 7.94. The molecule has 0 bridgehead atoms. The molecule has 3 aromatic rings. The van der Waals surface area contributed by atoms with Gasteiger partial charge in [0.05, 0.1) is 32.8 Å². The van der Waals surface area contributed by atoms with Gasteiger partial charge in [0.2, 0.25) is 0 Å². The quantitative estimate of drug-likeness (QED) is 0.632. The number of aromatic nitrogens is 2. The fraction of sp³-hybridized carbons (Fsp3) is 0.125. The Morgan fingerprint density at radius 2 is 1.91 bits per heavy atom. The summed E-state index contributed by atoms with van der Waals surface area (Å²) in [7, 11) is 0. The van der Waals surface area contributed by atoms with Crippen LogP contribution in [0.2, 0.25) is 15.1 Å². The molecule has 3 rings (SSSR count). The van der Waals surface area contributed by atoms with Crippen molar-refractivity contribution < 1.29 is 9.53 Å². The number of imidazole rings is 1. The average Bonchev–Trinajstić information content (AvgIpc) is 2.95. The third kappa shape index (κ3) is 3.15. The highest BCUT2D eigenvalue weighted by Gasteiger charge is 2.14. The molecule has 0 amide bonds. The van der Waals surface area contributed by atoms with Crippen molar-refractivity contribution in [1.29, 1.82) is 0 Å². The van der Waals surface area contributed by atoms with Crippen LogP contribution in [0.15, 0.2) is 30.3 Å². The molecule has 0 atom stereocenters. The van der Waals surface area contributed by atoms with Crippen LogP contribution in [0.1, 0.15) is 17.3 Å². The van der Waals surface area contributed by atoms with E-state index >= 15 is 0 Å². The predicted molar refractivity (Wildman–Crippen MR) is 92.5 cm³/mol. The van der Waals surface area contributed by atoms with E-state index in [0.717, 1.165) is 5.56 Å². The lowest BCUT2D eigenvalue weighted by molar-refractivity contribution is 0.0526. The number of hydrogen-bond donors (Lipinski definition) is 1. The summed E-state index contributed by atoms with van der Waals surface area (Å²) in [6.07, 6.45) is 0. The molecule has 0 saturated heterocycles. The number of fused-ring (bicyclic) bond motifs is 1.